The molecule has 0 saturated heterocycles. The minimum Gasteiger partial charge on any atom is -0.462 e. The lowest BCUT2D eigenvalue weighted by atomic mass is 10.0. The van der Waals surface area contributed by atoms with Crippen LogP contribution in [-0.2, 0) is 28.6 Å². The van der Waals surface area contributed by atoms with Crippen molar-refractivity contribution in [3.05, 3.63) is 85.1 Å². The van der Waals surface area contributed by atoms with Crippen molar-refractivity contribution in [2.75, 3.05) is 13.2 Å². The number of carbonyl (C=O) groups excluding carboxylic acids is 3. The van der Waals surface area contributed by atoms with Crippen molar-refractivity contribution in [2.24, 2.45) is 0 Å². The average Bonchev–Trinajstić information content (AvgIpc) is 3.39. The van der Waals surface area contributed by atoms with E-state index in [4.69, 9.17) is 14.2 Å². The van der Waals surface area contributed by atoms with E-state index in [2.05, 4.69) is 99.8 Å². The average molecular weight is 1020 g/mol. The number of ether oxygens (including phenoxy) is 3. The van der Waals surface area contributed by atoms with Crippen molar-refractivity contribution >= 4 is 17.9 Å². The number of carbonyl (C=O) groups is 3. The number of esters is 3. The largest absolute Gasteiger partial charge is 0.462 e. The molecule has 0 aromatic heterocycles. The van der Waals surface area contributed by atoms with Crippen LogP contribution in [0.5, 0.6) is 0 Å². The maximum atomic E-state index is 12.9. The maximum Gasteiger partial charge on any atom is 0.306 e. The Morgan fingerprint density at radius 3 is 0.918 bits per heavy atom. The Labute approximate surface area is 452 Å². The predicted molar refractivity (Wildman–Crippen MR) is 316 cm³/mol. The molecule has 1 atom stereocenters. The van der Waals surface area contributed by atoms with E-state index in [0.29, 0.717) is 19.3 Å². The number of unbranched alkanes of at least 4 members (excludes halogenated alkanes) is 31. The van der Waals surface area contributed by atoms with E-state index in [1.807, 2.05) is 6.08 Å². The van der Waals surface area contributed by atoms with Crippen molar-refractivity contribution in [3.8, 4) is 0 Å². The summed E-state index contributed by atoms with van der Waals surface area (Å²) in [4.78, 5) is 38.2. The molecular weight excluding hydrogens is 901 g/mol. The molecule has 0 aliphatic rings. The van der Waals surface area contributed by atoms with Crippen LogP contribution in [0, 0.1) is 0 Å². The molecule has 0 aliphatic carbocycles. The standard InChI is InChI=1S/C67H116O6/c1-4-7-10-13-16-19-22-25-28-30-32-33-35-37-40-42-45-48-51-54-57-60-66(69)72-63-64(73-67(70)61-58-55-52-49-46-43-38-27-24-21-18-15-12-9-6-3)62-71-65(68)59-56-53-50-47-44-41-39-36-34-31-29-26-23-20-17-14-11-8-5-2/h8,11,17,20,26-27,29,34,36,38,41,44,50,53,64H,4-7,9-10,12-16,18-19,21-25,28,30-33,35,37,39-40,42-43,45-49,51-52,54-63H2,1-3H3/b11-8-,20-17-,29-26-,36-34-,38-27-,44-41-,53-50-/t64-/m1/s1. The molecule has 0 aromatic rings. The topological polar surface area (TPSA) is 78.9 Å². The first-order valence-corrected chi connectivity index (χ1v) is 31.1. The van der Waals surface area contributed by atoms with E-state index in [-0.39, 0.29) is 37.5 Å². The summed E-state index contributed by atoms with van der Waals surface area (Å²) in [5.74, 6) is -0.985. The first-order chi connectivity index (χ1) is 36.0. The van der Waals surface area contributed by atoms with E-state index in [1.54, 1.807) is 0 Å². The second-order valence-electron chi connectivity index (χ2n) is 20.6. The number of rotatable bonds is 56. The van der Waals surface area contributed by atoms with Crippen molar-refractivity contribution in [1.29, 1.82) is 0 Å². The smallest absolute Gasteiger partial charge is 0.306 e. The molecule has 0 radical (unpaired) electrons. The molecule has 0 aromatic carbocycles. The van der Waals surface area contributed by atoms with Gasteiger partial charge in [-0.15, -0.1) is 0 Å². The van der Waals surface area contributed by atoms with Crippen molar-refractivity contribution < 1.29 is 28.6 Å². The summed E-state index contributed by atoms with van der Waals surface area (Å²) in [6.45, 7) is 6.48. The maximum absolute atomic E-state index is 12.9. The third-order valence-electron chi connectivity index (χ3n) is 13.4. The molecular formula is C67H116O6. The first-order valence-electron chi connectivity index (χ1n) is 31.1. The Morgan fingerprint density at radius 1 is 0.288 bits per heavy atom. The molecule has 0 saturated carbocycles. The third kappa shape index (κ3) is 59.3. The van der Waals surface area contributed by atoms with Gasteiger partial charge in [0, 0.05) is 19.3 Å². The quantitative estimate of drug-likeness (QED) is 0.0261. The highest BCUT2D eigenvalue weighted by Crippen LogP contribution is 2.17. The SMILES string of the molecule is CC/C=C\C/C=C\C/C=C\C/C=C\C/C=C\C/C=C\CCC(=O)OC[C@H](COC(=O)CCCCCCCCCCCCCCCCCCCCCCC)OC(=O)CCCCCCC/C=C\CCCCCCCC. The zero-order chi connectivity index (χ0) is 52.9. The Balaban J connectivity index is 4.43. The van der Waals surface area contributed by atoms with E-state index in [1.165, 1.54) is 167 Å². The summed E-state index contributed by atoms with van der Waals surface area (Å²) in [6.07, 6.45) is 80.3. The normalized spacial score (nSPS) is 12.6. The van der Waals surface area contributed by atoms with Gasteiger partial charge in [0.15, 0.2) is 6.10 Å². The lowest BCUT2D eigenvalue weighted by Crippen LogP contribution is -2.30. The molecule has 0 amide bonds. The molecule has 0 heterocycles. The third-order valence-corrected chi connectivity index (χ3v) is 13.4. The molecule has 420 valence electrons. The Hall–Kier alpha value is -3.41. The zero-order valence-corrected chi connectivity index (χ0v) is 48.1. The number of hydrogen-bond donors (Lipinski definition) is 0. The van der Waals surface area contributed by atoms with Crippen LogP contribution >= 0.6 is 0 Å². The zero-order valence-electron chi connectivity index (χ0n) is 48.1. The van der Waals surface area contributed by atoms with Crippen LogP contribution in [0.4, 0.5) is 0 Å². The Morgan fingerprint density at radius 2 is 0.562 bits per heavy atom. The minimum atomic E-state index is -0.811. The summed E-state index contributed by atoms with van der Waals surface area (Å²) >= 11 is 0. The molecule has 0 bridgehead atoms. The highest BCUT2D eigenvalue weighted by Gasteiger charge is 2.19. The Bertz CT molecular complexity index is 1400. The summed E-state index contributed by atoms with van der Waals surface area (Å²) < 4.78 is 16.8. The molecule has 0 spiro atoms. The minimum absolute atomic E-state index is 0.101. The van der Waals surface area contributed by atoms with E-state index < -0.39 is 6.10 Å². The van der Waals surface area contributed by atoms with Crippen LogP contribution in [0.25, 0.3) is 0 Å². The highest BCUT2D eigenvalue weighted by atomic mass is 16.6. The fourth-order valence-corrected chi connectivity index (χ4v) is 8.76. The summed E-state index contributed by atoms with van der Waals surface area (Å²) in [7, 11) is 0. The van der Waals surface area contributed by atoms with Crippen LogP contribution in [0.1, 0.15) is 303 Å². The molecule has 0 fully saturated rings. The van der Waals surface area contributed by atoms with Gasteiger partial charge in [0.05, 0.1) is 0 Å². The monoisotopic (exact) mass is 1020 g/mol. The number of hydrogen-bond acceptors (Lipinski definition) is 6. The van der Waals surface area contributed by atoms with Crippen molar-refractivity contribution in [3.63, 3.8) is 0 Å². The van der Waals surface area contributed by atoms with Gasteiger partial charge in [-0.2, -0.15) is 0 Å². The van der Waals surface area contributed by atoms with Crippen LogP contribution in [-0.4, -0.2) is 37.2 Å². The fraction of sp³-hybridized carbons (Fsp3) is 0.746. The van der Waals surface area contributed by atoms with Crippen LogP contribution in [0.2, 0.25) is 0 Å². The highest BCUT2D eigenvalue weighted by molar-refractivity contribution is 5.71. The van der Waals surface area contributed by atoms with Crippen molar-refractivity contribution in [2.45, 2.75) is 309 Å². The van der Waals surface area contributed by atoms with Crippen LogP contribution < -0.4 is 0 Å². The summed E-state index contributed by atoms with van der Waals surface area (Å²) in [5, 5.41) is 0. The van der Waals surface area contributed by atoms with E-state index in [0.717, 1.165) is 89.9 Å². The van der Waals surface area contributed by atoms with Gasteiger partial charge in [-0.05, 0) is 83.5 Å². The second-order valence-corrected chi connectivity index (χ2v) is 20.6. The molecule has 0 aliphatic heterocycles. The van der Waals surface area contributed by atoms with E-state index >= 15 is 0 Å². The molecule has 73 heavy (non-hydrogen) atoms. The first kappa shape index (κ1) is 69.6. The summed E-state index contributed by atoms with van der Waals surface area (Å²) in [5.41, 5.74) is 0. The van der Waals surface area contributed by atoms with Gasteiger partial charge in [-0.25, -0.2) is 0 Å². The predicted octanol–water partition coefficient (Wildman–Crippen LogP) is 21.1. The van der Waals surface area contributed by atoms with Gasteiger partial charge in [-0.1, -0.05) is 286 Å². The lowest BCUT2D eigenvalue weighted by Gasteiger charge is -2.18. The Kier molecular flexibility index (Phi) is 58.3. The van der Waals surface area contributed by atoms with Crippen LogP contribution in [0.3, 0.4) is 0 Å². The second kappa shape index (κ2) is 61.1. The molecule has 6 nitrogen and oxygen atoms in total. The van der Waals surface area contributed by atoms with Gasteiger partial charge in [0.25, 0.3) is 0 Å². The van der Waals surface area contributed by atoms with Gasteiger partial charge in [0.1, 0.15) is 13.2 Å². The molecule has 0 N–H and O–H groups in total. The van der Waals surface area contributed by atoms with Crippen LogP contribution in [0.15, 0.2) is 85.1 Å². The van der Waals surface area contributed by atoms with Crippen molar-refractivity contribution in [1.82, 2.24) is 0 Å². The van der Waals surface area contributed by atoms with Gasteiger partial charge >= 0.3 is 17.9 Å². The summed E-state index contributed by atoms with van der Waals surface area (Å²) in [6, 6.07) is 0. The lowest BCUT2D eigenvalue weighted by molar-refractivity contribution is -0.166. The molecule has 0 unspecified atom stereocenters. The fourth-order valence-electron chi connectivity index (χ4n) is 8.76. The van der Waals surface area contributed by atoms with Gasteiger partial charge in [0.2, 0.25) is 0 Å². The molecule has 0 rings (SSSR count). The number of allylic oxidation sites excluding steroid dienone is 14. The van der Waals surface area contributed by atoms with Gasteiger partial charge in [-0.3, -0.25) is 14.4 Å². The van der Waals surface area contributed by atoms with Gasteiger partial charge < -0.3 is 14.2 Å². The van der Waals surface area contributed by atoms with E-state index in [9.17, 15) is 14.4 Å². The molecule has 6 heteroatoms.